The summed E-state index contributed by atoms with van der Waals surface area (Å²) in [6, 6.07) is 9.40. The van der Waals surface area contributed by atoms with Gasteiger partial charge in [-0.3, -0.25) is 14.2 Å². The number of rotatable bonds is 4. The Morgan fingerprint density at radius 2 is 2.04 bits per heavy atom. The lowest BCUT2D eigenvalue weighted by molar-refractivity contribution is -0.116. The Kier molecular flexibility index (Phi) is 4.68. The summed E-state index contributed by atoms with van der Waals surface area (Å²) >= 11 is 1.41. The van der Waals surface area contributed by atoms with Crippen LogP contribution in [0.1, 0.15) is 0 Å². The Labute approximate surface area is 153 Å². The number of ether oxygens (including phenoxy) is 1. The van der Waals surface area contributed by atoms with Crippen molar-refractivity contribution >= 4 is 38.8 Å². The van der Waals surface area contributed by atoms with Crippen LogP contribution in [-0.4, -0.2) is 41.8 Å². The Balaban J connectivity index is 1.53. The lowest BCUT2D eigenvalue weighted by Crippen LogP contribution is -2.37. The maximum atomic E-state index is 12.5. The zero-order chi connectivity index (χ0) is 17.9. The van der Waals surface area contributed by atoms with E-state index in [1.807, 2.05) is 29.6 Å². The van der Waals surface area contributed by atoms with E-state index in [2.05, 4.69) is 15.2 Å². The summed E-state index contributed by atoms with van der Waals surface area (Å²) in [4.78, 5) is 32.0. The van der Waals surface area contributed by atoms with E-state index in [-0.39, 0.29) is 18.0 Å². The third-order valence-corrected chi connectivity index (χ3v) is 5.12. The molecule has 3 heterocycles. The van der Waals surface area contributed by atoms with Crippen LogP contribution in [-0.2, 0) is 16.1 Å². The maximum absolute atomic E-state index is 12.5. The summed E-state index contributed by atoms with van der Waals surface area (Å²) in [5.41, 5.74) is 1.49. The predicted octanol–water partition coefficient (Wildman–Crippen LogP) is 1.93. The highest BCUT2D eigenvalue weighted by Gasteiger charge is 2.16. The van der Waals surface area contributed by atoms with E-state index in [0.717, 1.165) is 24.5 Å². The van der Waals surface area contributed by atoms with Crippen LogP contribution in [0.5, 0.6) is 0 Å². The van der Waals surface area contributed by atoms with Gasteiger partial charge in [0.05, 0.1) is 36.3 Å². The number of hydrogen-bond acceptors (Lipinski definition) is 6. The van der Waals surface area contributed by atoms with Gasteiger partial charge in [0.25, 0.3) is 5.56 Å². The van der Waals surface area contributed by atoms with E-state index in [4.69, 9.17) is 4.74 Å². The van der Waals surface area contributed by atoms with Crippen molar-refractivity contribution in [2.75, 3.05) is 36.5 Å². The second-order valence-electron chi connectivity index (χ2n) is 5.98. The van der Waals surface area contributed by atoms with E-state index in [1.54, 1.807) is 6.07 Å². The third kappa shape index (κ3) is 3.33. The van der Waals surface area contributed by atoms with Crippen LogP contribution < -0.4 is 15.8 Å². The molecule has 134 valence electrons. The first kappa shape index (κ1) is 16.7. The Bertz CT molecular complexity index is 991. The molecule has 1 aromatic carbocycles. The number of thiophene rings is 1. The molecule has 1 N–H and O–H groups in total. The molecule has 0 unspecified atom stereocenters. The number of anilines is 2. The molecule has 0 saturated carbocycles. The molecule has 2 aromatic heterocycles. The van der Waals surface area contributed by atoms with Gasteiger partial charge in [-0.25, -0.2) is 4.98 Å². The number of morpholine rings is 1. The Morgan fingerprint density at radius 3 is 2.88 bits per heavy atom. The fourth-order valence-corrected chi connectivity index (χ4v) is 3.73. The summed E-state index contributed by atoms with van der Waals surface area (Å²) in [5.74, 6) is -0.260. The quantitative estimate of drug-likeness (QED) is 0.759. The van der Waals surface area contributed by atoms with E-state index in [9.17, 15) is 9.59 Å². The van der Waals surface area contributed by atoms with Crippen molar-refractivity contribution in [1.82, 2.24) is 9.55 Å². The molecule has 0 aliphatic carbocycles. The van der Waals surface area contributed by atoms with Gasteiger partial charge in [0, 0.05) is 13.1 Å². The zero-order valence-corrected chi connectivity index (χ0v) is 14.9. The normalized spacial score (nSPS) is 14.5. The number of fused-ring (bicyclic) bond motifs is 1. The molecule has 26 heavy (non-hydrogen) atoms. The van der Waals surface area contributed by atoms with E-state index in [1.165, 1.54) is 22.2 Å². The monoisotopic (exact) mass is 370 g/mol. The molecule has 1 fully saturated rings. The van der Waals surface area contributed by atoms with Gasteiger partial charge in [0.15, 0.2) is 0 Å². The summed E-state index contributed by atoms with van der Waals surface area (Å²) in [6.07, 6.45) is 1.43. The largest absolute Gasteiger partial charge is 0.378 e. The van der Waals surface area contributed by atoms with Crippen LogP contribution in [0.2, 0.25) is 0 Å². The van der Waals surface area contributed by atoms with E-state index >= 15 is 0 Å². The fourth-order valence-electron chi connectivity index (χ4n) is 3.01. The predicted molar refractivity (Wildman–Crippen MR) is 102 cm³/mol. The van der Waals surface area contributed by atoms with Gasteiger partial charge >= 0.3 is 0 Å². The zero-order valence-electron chi connectivity index (χ0n) is 14.1. The number of nitrogens with one attached hydrogen (secondary N) is 1. The molecule has 0 bridgehead atoms. The summed E-state index contributed by atoms with van der Waals surface area (Å²) in [6.45, 7) is 2.83. The van der Waals surface area contributed by atoms with Gasteiger partial charge in [-0.2, -0.15) is 0 Å². The number of para-hydroxylation sites is 2. The van der Waals surface area contributed by atoms with Crippen molar-refractivity contribution in [3.05, 3.63) is 52.4 Å². The highest BCUT2D eigenvalue weighted by Crippen LogP contribution is 2.26. The van der Waals surface area contributed by atoms with Gasteiger partial charge in [0.1, 0.15) is 11.4 Å². The highest BCUT2D eigenvalue weighted by molar-refractivity contribution is 7.16. The standard InChI is InChI=1S/C18H18N4O3S/c23-16(11-22-12-19-17-13(18(22)24)5-10-26-17)20-14-3-1-2-4-15(14)21-6-8-25-9-7-21/h1-5,10,12H,6-9,11H2,(H,20,23). The van der Waals surface area contributed by atoms with Crippen LogP contribution in [0.15, 0.2) is 46.8 Å². The number of hydrogen-bond donors (Lipinski definition) is 1. The van der Waals surface area contributed by atoms with Crippen molar-refractivity contribution in [3.8, 4) is 0 Å². The number of carbonyl (C=O) groups excluding carboxylic acids is 1. The summed E-state index contributed by atoms with van der Waals surface area (Å²) < 4.78 is 6.72. The van der Waals surface area contributed by atoms with Crippen LogP contribution in [0.3, 0.4) is 0 Å². The molecule has 1 saturated heterocycles. The van der Waals surface area contributed by atoms with E-state index < -0.39 is 0 Å². The lowest BCUT2D eigenvalue weighted by Gasteiger charge is -2.30. The van der Waals surface area contributed by atoms with Crippen molar-refractivity contribution in [1.29, 1.82) is 0 Å². The molecule has 1 aliphatic rings. The first-order chi connectivity index (χ1) is 12.7. The molecule has 1 aliphatic heterocycles. The third-order valence-electron chi connectivity index (χ3n) is 4.29. The molecule has 8 heteroatoms. The number of benzene rings is 1. The summed E-state index contributed by atoms with van der Waals surface area (Å²) in [7, 11) is 0. The number of aromatic nitrogens is 2. The molecular weight excluding hydrogens is 352 g/mol. The first-order valence-corrected chi connectivity index (χ1v) is 9.24. The van der Waals surface area contributed by atoms with Crippen molar-refractivity contribution in [2.24, 2.45) is 0 Å². The Morgan fingerprint density at radius 1 is 1.23 bits per heavy atom. The van der Waals surface area contributed by atoms with E-state index in [0.29, 0.717) is 23.4 Å². The second-order valence-corrected chi connectivity index (χ2v) is 6.88. The van der Waals surface area contributed by atoms with Gasteiger partial charge < -0.3 is 15.0 Å². The fraction of sp³-hybridized carbons (Fsp3) is 0.278. The molecule has 3 aromatic rings. The number of amides is 1. The molecule has 4 rings (SSSR count). The minimum atomic E-state index is -0.260. The molecule has 0 radical (unpaired) electrons. The molecule has 0 atom stereocenters. The summed E-state index contributed by atoms with van der Waals surface area (Å²) in [5, 5.41) is 5.28. The van der Waals surface area contributed by atoms with Gasteiger partial charge in [-0.15, -0.1) is 11.3 Å². The van der Waals surface area contributed by atoms with Crippen LogP contribution in [0.4, 0.5) is 11.4 Å². The van der Waals surface area contributed by atoms with Crippen LogP contribution in [0, 0.1) is 0 Å². The second kappa shape index (κ2) is 7.27. The SMILES string of the molecule is O=C(Cn1cnc2sccc2c1=O)Nc1ccccc1N1CCOCC1. The van der Waals surface area contributed by atoms with Crippen molar-refractivity contribution in [2.45, 2.75) is 6.54 Å². The maximum Gasteiger partial charge on any atom is 0.262 e. The highest BCUT2D eigenvalue weighted by atomic mass is 32.1. The minimum absolute atomic E-state index is 0.0743. The first-order valence-electron chi connectivity index (χ1n) is 8.36. The van der Waals surface area contributed by atoms with Gasteiger partial charge in [0.2, 0.25) is 5.91 Å². The lowest BCUT2D eigenvalue weighted by atomic mass is 10.2. The average Bonchev–Trinajstić information content (AvgIpc) is 3.15. The smallest absolute Gasteiger partial charge is 0.262 e. The van der Waals surface area contributed by atoms with Gasteiger partial charge in [-0.05, 0) is 23.6 Å². The Hall–Kier alpha value is -2.71. The van der Waals surface area contributed by atoms with Crippen LogP contribution in [0.25, 0.3) is 10.2 Å². The molecular formula is C18H18N4O3S. The van der Waals surface area contributed by atoms with Gasteiger partial charge in [-0.1, -0.05) is 12.1 Å². The average molecular weight is 370 g/mol. The van der Waals surface area contributed by atoms with Crippen LogP contribution >= 0.6 is 11.3 Å². The molecule has 7 nitrogen and oxygen atoms in total. The molecule has 1 amide bonds. The number of carbonyl (C=O) groups is 1. The number of nitrogens with zero attached hydrogens (tertiary/aromatic N) is 3. The van der Waals surface area contributed by atoms with Crippen molar-refractivity contribution < 1.29 is 9.53 Å². The molecule has 0 spiro atoms. The minimum Gasteiger partial charge on any atom is -0.378 e. The van der Waals surface area contributed by atoms with Crippen molar-refractivity contribution in [3.63, 3.8) is 0 Å². The topological polar surface area (TPSA) is 76.5 Å².